The lowest BCUT2D eigenvalue weighted by Crippen LogP contribution is -2.38. The zero-order chi connectivity index (χ0) is 19.2. The van der Waals surface area contributed by atoms with Crippen LogP contribution in [0.2, 0.25) is 0 Å². The number of hydrogen-bond donors (Lipinski definition) is 2. The Hall–Kier alpha value is -1.92. The van der Waals surface area contributed by atoms with Crippen LogP contribution in [0.3, 0.4) is 0 Å². The summed E-state index contributed by atoms with van der Waals surface area (Å²) in [6.45, 7) is 8.22. The Kier molecular flexibility index (Phi) is 10.5. The normalized spacial score (nSPS) is 11.6. The Balaban J connectivity index is 1.58. The average Bonchev–Trinajstić information content (AvgIpc) is 3.16. The first-order chi connectivity index (χ1) is 13.3. The van der Waals surface area contributed by atoms with E-state index in [9.17, 15) is 0 Å². The quantitative estimate of drug-likeness (QED) is 0.332. The van der Waals surface area contributed by atoms with Gasteiger partial charge in [0.05, 0.1) is 11.6 Å². The summed E-state index contributed by atoms with van der Waals surface area (Å²) in [5, 5.41) is 7.86. The SMILES string of the molecule is CCNC(=NCCCOCCc1ccccc1)NCCc1ncc(CC)s1. The summed E-state index contributed by atoms with van der Waals surface area (Å²) in [6, 6.07) is 10.4. The number of hydrogen-bond acceptors (Lipinski definition) is 4. The molecule has 0 atom stereocenters. The van der Waals surface area contributed by atoms with Gasteiger partial charge >= 0.3 is 0 Å². The maximum atomic E-state index is 5.71. The lowest BCUT2D eigenvalue weighted by Gasteiger charge is -2.10. The molecule has 1 aromatic heterocycles. The van der Waals surface area contributed by atoms with Crippen LogP contribution in [-0.2, 0) is 24.0 Å². The highest BCUT2D eigenvalue weighted by Gasteiger charge is 2.02. The molecule has 2 N–H and O–H groups in total. The van der Waals surface area contributed by atoms with E-state index in [1.165, 1.54) is 15.4 Å². The van der Waals surface area contributed by atoms with E-state index in [0.29, 0.717) is 0 Å². The fourth-order valence-electron chi connectivity index (χ4n) is 2.55. The number of aromatic nitrogens is 1. The third kappa shape index (κ3) is 9.02. The summed E-state index contributed by atoms with van der Waals surface area (Å²) in [5.41, 5.74) is 1.32. The van der Waals surface area contributed by atoms with Crippen molar-refractivity contribution in [3.63, 3.8) is 0 Å². The topological polar surface area (TPSA) is 58.5 Å². The largest absolute Gasteiger partial charge is 0.381 e. The Labute approximate surface area is 167 Å². The second-order valence-electron chi connectivity index (χ2n) is 6.21. The van der Waals surface area contributed by atoms with E-state index in [1.807, 2.05) is 12.3 Å². The molecule has 148 valence electrons. The molecule has 0 aliphatic rings. The zero-order valence-electron chi connectivity index (χ0n) is 16.5. The van der Waals surface area contributed by atoms with E-state index >= 15 is 0 Å². The number of nitrogens with zero attached hydrogens (tertiary/aromatic N) is 2. The van der Waals surface area contributed by atoms with Gasteiger partial charge in [-0.2, -0.15) is 0 Å². The third-order valence-electron chi connectivity index (χ3n) is 4.02. The predicted molar refractivity (Wildman–Crippen MR) is 115 cm³/mol. The van der Waals surface area contributed by atoms with Gasteiger partial charge < -0.3 is 15.4 Å². The van der Waals surface area contributed by atoms with Crippen LogP contribution in [-0.4, -0.2) is 43.8 Å². The Morgan fingerprint density at radius 1 is 1.11 bits per heavy atom. The van der Waals surface area contributed by atoms with E-state index in [1.54, 1.807) is 11.3 Å². The molecule has 0 saturated heterocycles. The molecule has 0 amide bonds. The van der Waals surface area contributed by atoms with Crippen molar-refractivity contribution in [1.29, 1.82) is 0 Å². The maximum absolute atomic E-state index is 5.71. The molecule has 0 fully saturated rings. The number of guanidine groups is 1. The molecule has 2 rings (SSSR count). The molecule has 0 unspecified atom stereocenters. The first-order valence-electron chi connectivity index (χ1n) is 9.89. The van der Waals surface area contributed by atoms with E-state index in [-0.39, 0.29) is 0 Å². The van der Waals surface area contributed by atoms with Crippen molar-refractivity contribution in [2.24, 2.45) is 4.99 Å². The third-order valence-corrected chi connectivity index (χ3v) is 5.22. The van der Waals surface area contributed by atoms with Gasteiger partial charge in [-0.3, -0.25) is 4.99 Å². The van der Waals surface area contributed by atoms with Gasteiger partial charge in [-0.15, -0.1) is 11.3 Å². The molecule has 1 aromatic carbocycles. The summed E-state index contributed by atoms with van der Waals surface area (Å²) < 4.78 is 5.71. The Morgan fingerprint density at radius 2 is 1.96 bits per heavy atom. The number of aliphatic imine (C=N–C) groups is 1. The molecule has 0 saturated carbocycles. The molecular formula is C21H32N4OS. The van der Waals surface area contributed by atoms with Gasteiger partial charge in [0.25, 0.3) is 0 Å². The van der Waals surface area contributed by atoms with Gasteiger partial charge in [-0.25, -0.2) is 4.98 Å². The smallest absolute Gasteiger partial charge is 0.191 e. The van der Waals surface area contributed by atoms with Crippen LogP contribution < -0.4 is 10.6 Å². The van der Waals surface area contributed by atoms with Gasteiger partial charge in [0.1, 0.15) is 0 Å². The van der Waals surface area contributed by atoms with Gasteiger partial charge in [0.15, 0.2) is 5.96 Å². The van der Waals surface area contributed by atoms with E-state index in [0.717, 1.165) is 64.5 Å². The standard InChI is InChI=1S/C21H32N4OS/c1-3-19-17-25-20(27-19)11-14-24-21(22-4-2)23-13-8-15-26-16-12-18-9-6-5-7-10-18/h5-7,9-10,17H,3-4,8,11-16H2,1-2H3,(H2,22,23,24). The number of benzene rings is 1. The number of nitrogens with one attached hydrogen (secondary N) is 2. The van der Waals surface area contributed by atoms with Crippen LogP contribution >= 0.6 is 11.3 Å². The fraction of sp³-hybridized carbons (Fsp3) is 0.524. The predicted octanol–water partition coefficient (Wildman–Crippen LogP) is 3.45. The van der Waals surface area contributed by atoms with Crippen molar-refractivity contribution >= 4 is 17.3 Å². The van der Waals surface area contributed by atoms with E-state index in [4.69, 9.17) is 4.74 Å². The number of rotatable bonds is 12. The molecule has 27 heavy (non-hydrogen) atoms. The van der Waals surface area contributed by atoms with E-state index in [2.05, 4.69) is 58.7 Å². The molecule has 0 radical (unpaired) electrons. The zero-order valence-corrected chi connectivity index (χ0v) is 17.4. The Bertz CT molecular complexity index is 657. The van der Waals surface area contributed by atoms with Crippen molar-refractivity contribution in [3.8, 4) is 0 Å². The van der Waals surface area contributed by atoms with Crippen LogP contribution in [0.1, 0.15) is 35.7 Å². The molecule has 1 heterocycles. The van der Waals surface area contributed by atoms with Gasteiger partial charge in [0, 0.05) is 43.7 Å². The van der Waals surface area contributed by atoms with Crippen molar-refractivity contribution < 1.29 is 4.74 Å². The van der Waals surface area contributed by atoms with Crippen LogP contribution in [0.15, 0.2) is 41.5 Å². The van der Waals surface area contributed by atoms with Crippen molar-refractivity contribution in [2.75, 3.05) is 32.8 Å². The molecule has 5 nitrogen and oxygen atoms in total. The number of aryl methyl sites for hydroxylation is 1. The highest BCUT2D eigenvalue weighted by Crippen LogP contribution is 2.13. The monoisotopic (exact) mass is 388 g/mol. The minimum Gasteiger partial charge on any atom is -0.381 e. The lowest BCUT2D eigenvalue weighted by atomic mass is 10.2. The molecule has 0 bridgehead atoms. The average molecular weight is 389 g/mol. The van der Waals surface area contributed by atoms with E-state index < -0.39 is 0 Å². The minimum atomic E-state index is 0.745. The summed E-state index contributed by atoms with van der Waals surface area (Å²) in [5.74, 6) is 0.869. The fourth-order valence-corrected chi connectivity index (χ4v) is 3.41. The van der Waals surface area contributed by atoms with Gasteiger partial charge in [-0.1, -0.05) is 37.3 Å². The van der Waals surface area contributed by atoms with Gasteiger partial charge in [0.2, 0.25) is 0 Å². The van der Waals surface area contributed by atoms with Crippen LogP contribution in [0.4, 0.5) is 0 Å². The number of ether oxygens (including phenoxy) is 1. The first-order valence-corrected chi connectivity index (χ1v) is 10.7. The van der Waals surface area contributed by atoms with Crippen molar-refractivity contribution in [1.82, 2.24) is 15.6 Å². The molecule has 2 aromatic rings. The minimum absolute atomic E-state index is 0.745. The second-order valence-corrected chi connectivity index (χ2v) is 7.41. The molecule has 0 aliphatic carbocycles. The molecular weight excluding hydrogens is 356 g/mol. The molecule has 0 spiro atoms. The molecule has 6 heteroatoms. The van der Waals surface area contributed by atoms with Crippen LogP contribution in [0.5, 0.6) is 0 Å². The maximum Gasteiger partial charge on any atom is 0.191 e. The summed E-state index contributed by atoms with van der Waals surface area (Å²) in [7, 11) is 0. The summed E-state index contributed by atoms with van der Waals surface area (Å²) in [4.78, 5) is 10.4. The van der Waals surface area contributed by atoms with Crippen molar-refractivity contribution in [2.45, 2.75) is 39.5 Å². The first kappa shape index (κ1) is 21.4. The van der Waals surface area contributed by atoms with Crippen molar-refractivity contribution in [3.05, 3.63) is 52.0 Å². The van der Waals surface area contributed by atoms with Gasteiger partial charge in [-0.05, 0) is 31.7 Å². The van der Waals surface area contributed by atoms with Crippen LogP contribution in [0.25, 0.3) is 0 Å². The summed E-state index contributed by atoms with van der Waals surface area (Å²) >= 11 is 1.80. The Morgan fingerprint density at radius 3 is 2.70 bits per heavy atom. The number of thiazole rings is 1. The van der Waals surface area contributed by atoms with Crippen LogP contribution in [0, 0.1) is 0 Å². The molecule has 0 aliphatic heterocycles. The highest BCUT2D eigenvalue weighted by molar-refractivity contribution is 7.11. The summed E-state index contributed by atoms with van der Waals surface area (Å²) in [6.07, 6.45) is 5.86. The lowest BCUT2D eigenvalue weighted by molar-refractivity contribution is 0.136. The second kappa shape index (κ2) is 13.3. The highest BCUT2D eigenvalue weighted by atomic mass is 32.1.